The Balaban J connectivity index is 1.67. The summed E-state index contributed by atoms with van der Waals surface area (Å²) >= 11 is 0. The molecule has 0 aliphatic heterocycles. The summed E-state index contributed by atoms with van der Waals surface area (Å²) in [5, 5.41) is 3.67. The predicted molar refractivity (Wildman–Crippen MR) is 77.7 cm³/mol. The van der Waals surface area contributed by atoms with Gasteiger partial charge in [0.15, 0.2) is 0 Å². The summed E-state index contributed by atoms with van der Waals surface area (Å²) in [5.41, 5.74) is 3.73. The lowest BCUT2D eigenvalue weighted by atomic mass is 10.0. The van der Waals surface area contributed by atoms with Crippen molar-refractivity contribution >= 4 is 0 Å². The van der Waals surface area contributed by atoms with Crippen LogP contribution >= 0.6 is 0 Å². The normalized spacial score (nSPS) is 16.3. The van der Waals surface area contributed by atoms with Gasteiger partial charge in [0.2, 0.25) is 0 Å². The van der Waals surface area contributed by atoms with Crippen molar-refractivity contribution in [3.63, 3.8) is 0 Å². The molecule has 2 heteroatoms. The van der Waals surface area contributed by atoms with Gasteiger partial charge in [0.05, 0.1) is 5.69 Å². The lowest BCUT2D eigenvalue weighted by Gasteiger charge is -2.18. The maximum absolute atomic E-state index is 4.46. The van der Waals surface area contributed by atoms with Crippen molar-refractivity contribution in [1.29, 1.82) is 0 Å². The standard InChI is InChI=1S/C17H20N2/c1-13-7-10-16(18-11-13)12-19-17(15-8-9-15)14-5-3-2-4-6-14/h2-7,10-11,15,17,19H,8-9,12H2,1H3. The van der Waals surface area contributed by atoms with Gasteiger partial charge < -0.3 is 5.32 Å². The molecule has 1 heterocycles. The molecule has 98 valence electrons. The number of aromatic nitrogens is 1. The fraction of sp³-hybridized carbons (Fsp3) is 0.353. The molecule has 2 aromatic rings. The summed E-state index contributed by atoms with van der Waals surface area (Å²) in [7, 11) is 0. The van der Waals surface area contributed by atoms with E-state index < -0.39 is 0 Å². The maximum atomic E-state index is 4.46. The van der Waals surface area contributed by atoms with E-state index in [1.807, 2.05) is 6.20 Å². The monoisotopic (exact) mass is 252 g/mol. The van der Waals surface area contributed by atoms with Crippen molar-refractivity contribution in [1.82, 2.24) is 10.3 Å². The second kappa shape index (κ2) is 5.54. The fourth-order valence-electron chi connectivity index (χ4n) is 2.46. The van der Waals surface area contributed by atoms with E-state index in [9.17, 15) is 0 Å². The summed E-state index contributed by atoms with van der Waals surface area (Å²) in [4.78, 5) is 4.46. The van der Waals surface area contributed by atoms with E-state index in [0.717, 1.165) is 18.2 Å². The van der Waals surface area contributed by atoms with Crippen LogP contribution in [0, 0.1) is 12.8 Å². The Labute approximate surface area is 114 Å². The minimum Gasteiger partial charge on any atom is -0.304 e. The molecule has 1 saturated carbocycles. The fourth-order valence-corrected chi connectivity index (χ4v) is 2.46. The Bertz CT molecular complexity index is 515. The second-order valence-electron chi connectivity index (χ2n) is 5.43. The predicted octanol–water partition coefficient (Wildman–Crippen LogP) is 3.63. The highest BCUT2D eigenvalue weighted by Gasteiger charge is 2.31. The molecule has 1 atom stereocenters. The molecule has 19 heavy (non-hydrogen) atoms. The molecule has 0 saturated heterocycles. The molecule has 0 radical (unpaired) electrons. The van der Waals surface area contributed by atoms with Crippen LogP contribution in [0.4, 0.5) is 0 Å². The van der Waals surface area contributed by atoms with E-state index in [1.54, 1.807) is 0 Å². The maximum Gasteiger partial charge on any atom is 0.0542 e. The van der Waals surface area contributed by atoms with Gasteiger partial charge in [-0.3, -0.25) is 4.98 Å². The zero-order valence-corrected chi connectivity index (χ0v) is 11.3. The smallest absolute Gasteiger partial charge is 0.0542 e. The van der Waals surface area contributed by atoms with Gasteiger partial charge in [-0.25, -0.2) is 0 Å². The van der Waals surface area contributed by atoms with Gasteiger partial charge in [0.25, 0.3) is 0 Å². The first-order valence-corrected chi connectivity index (χ1v) is 7.03. The van der Waals surface area contributed by atoms with E-state index in [1.165, 1.54) is 24.0 Å². The van der Waals surface area contributed by atoms with Crippen molar-refractivity contribution in [2.75, 3.05) is 0 Å². The van der Waals surface area contributed by atoms with Crippen molar-refractivity contribution in [3.8, 4) is 0 Å². The number of pyridine rings is 1. The first kappa shape index (κ1) is 12.4. The number of hydrogen-bond acceptors (Lipinski definition) is 2. The largest absolute Gasteiger partial charge is 0.304 e. The third-order valence-corrected chi connectivity index (χ3v) is 3.73. The highest BCUT2D eigenvalue weighted by Crippen LogP contribution is 2.41. The van der Waals surface area contributed by atoms with Crippen LogP contribution in [0.3, 0.4) is 0 Å². The molecule has 1 aliphatic rings. The molecule has 1 aromatic carbocycles. The SMILES string of the molecule is Cc1ccc(CNC(c2ccccc2)C2CC2)nc1. The zero-order chi connectivity index (χ0) is 13.1. The van der Waals surface area contributed by atoms with E-state index in [-0.39, 0.29) is 0 Å². The van der Waals surface area contributed by atoms with Gasteiger partial charge in [0.1, 0.15) is 0 Å². The highest BCUT2D eigenvalue weighted by molar-refractivity contribution is 5.21. The van der Waals surface area contributed by atoms with Crippen LogP contribution in [0.5, 0.6) is 0 Å². The van der Waals surface area contributed by atoms with E-state index >= 15 is 0 Å². The lowest BCUT2D eigenvalue weighted by Crippen LogP contribution is -2.23. The average molecular weight is 252 g/mol. The van der Waals surface area contributed by atoms with E-state index in [0.29, 0.717) is 6.04 Å². The summed E-state index contributed by atoms with van der Waals surface area (Å²) in [6.07, 6.45) is 4.62. The summed E-state index contributed by atoms with van der Waals surface area (Å²) in [5.74, 6) is 0.799. The Morgan fingerprint density at radius 1 is 1.16 bits per heavy atom. The Hall–Kier alpha value is -1.67. The van der Waals surface area contributed by atoms with Crippen LogP contribution in [0.2, 0.25) is 0 Å². The van der Waals surface area contributed by atoms with E-state index in [2.05, 4.69) is 59.7 Å². The molecule has 1 aliphatic carbocycles. The van der Waals surface area contributed by atoms with Crippen molar-refractivity contribution in [3.05, 3.63) is 65.5 Å². The summed E-state index contributed by atoms with van der Waals surface area (Å²) in [6, 6.07) is 15.5. The third-order valence-electron chi connectivity index (χ3n) is 3.73. The summed E-state index contributed by atoms with van der Waals surface area (Å²) in [6.45, 7) is 2.91. The number of nitrogens with zero attached hydrogens (tertiary/aromatic N) is 1. The van der Waals surface area contributed by atoms with Gasteiger partial charge >= 0.3 is 0 Å². The topological polar surface area (TPSA) is 24.9 Å². The van der Waals surface area contributed by atoms with Gasteiger partial charge in [-0.05, 0) is 42.9 Å². The molecule has 1 aromatic heterocycles. The third kappa shape index (κ3) is 3.21. The van der Waals surface area contributed by atoms with E-state index in [4.69, 9.17) is 0 Å². The van der Waals surface area contributed by atoms with Crippen LogP contribution in [-0.4, -0.2) is 4.98 Å². The molecule has 1 N–H and O–H groups in total. The van der Waals surface area contributed by atoms with Crippen LogP contribution in [-0.2, 0) is 6.54 Å². The zero-order valence-electron chi connectivity index (χ0n) is 11.3. The minimum atomic E-state index is 0.476. The Kier molecular flexibility index (Phi) is 3.60. The molecular formula is C17H20N2. The highest BCUT2D eigenvalue weighted by atomic mass is 14.9. The number of hydrogen-bond donors (Lipinski definition) is 1. The Morgan fingerprint density at radius 3 is 2.58 bits per heavy atom. The van der Waals surface area contributed by atoms with Crippen molar-refractivity contribution in [2.45, 2.75) is 32.4 Å². The van der Waals surface area contributed by atoms with Gasteiger partial charge in [0, 0.05) is 18.8 Å². The number of nitrogens with one attached hydrogen (secondary N) is 1. The Morgan fingerprint density at radius 2 is 1.95 bits per heavy atom. The average Bonchev–Trinajstić information content (AvgIpc) is 3.27. The van der Waals surface area contributed by atoms with Gasteiger partial charge in [-0.15, -0.1) is 0 Å². The quantitative estimate of drug-likeness (QED) is 0.879. The lowest BCUT2D eigenvalue weighted by molar-refractivity contribution is 0.476. The van der Waals surface area contributed by atoms with Crippen LogP contribution < -0.4 is 5.32 Å². The summed E-state index contributed by atoms with van der Waals surface area (Å²) < 4.78 is 0. The van der Waals surface area contributed by atoms with Crippen LogP contribution in [0.1, 0.15) is 35.7 Å². The van der Waals surface area contributed by atoms with Gasteiger partial charge in [-0.2, -0.15) is 0 Å². The molecule has 1 unspecified atom stereocenters. The van der Waals surface area contributed by atoms with Crippen molar-refractivity contribution in [2.24, 2.45) is 5.92 Å². The van der Waals surface area contributed by atoms with Crippen LogP contribution in [0.25, 0.3) is 0 Å². The number of benzene rings is 1. The second-order valence-corrected chi connectivity index (χ2v) is 5.43. The first-order chi connectivity index (χ1) is 9.33. The number of aryl methyl sites for hydroxylation is 1. The molecule has 2 nitrogen and oxygen atoms in total. The molecule has 0 amide bonds. The van der Waals surface area contributed by atoms with Gasteiger partial charge in [-0.1, -0.05) is 36.4 Å². The molecule has 0 spiro atoms. The molecule has 3 rings (SSSR count). The first-order valence-electron chi connectivity index (χ1n) is 7.03. The molecular weight excluding hydrogens is 232 g/mol. The molecule has 0 bridgehead atoms. The number of rotatable bonds is 5. The molecule has 1 fully saturated rings. The van der Waals surface area contributed by atoms with Crippen LogP contribution in [0.15, 0.2) is 48.7 Å². The van der Waals surface area contributed by atoms with Crippen molar-refractivity contribution < 1.29 is 0 Å². The minimum absolute atomic E-state index is 0.476.